The van der Waals surface area contributed by atoms with E-state index in [0.29, 0.717) is 13.0 Å². The first kappa shape index (κ1) is 15.8. The number of likely N-dealkylation sites (N-methyl/N-ethyl adjacent to an activating group) is 1. The molecule has 0 atom stereocenters. The highest BCUT2D eigenvalue weighted by Crippen LogP contribution is 2.48. The van der Waals surface area contributed by atoms with Gasteiger partial charge < -0.3 is 15.5 Å². The van der Waals surface area contributed by atoms with E-state index in [1.54, 1.807) is 0 Å². The van der Waals surface area contributed by atoms with E-state index < -0.39 is 0 Å². The van der Waals surface area contributed by atoms with Crippen LogP contribution in [0.3, 0.4) is 0 Å². The monoisotopic (exact) mass is 333 g/mol. The average Bonchev–Trinajstić information content (AvgIpc) is 2.74. The number of fused-ring (bicyclic) bond motifs is 2. The van der Waals surface area contributed by atoms with E-state index >= 15 is 0 Å². The van der Waals surface area contributed by atoms with Gasteiger partial charge in [-0.05, 0) is 23.3 Å². The molecular weight excluding hydrogens is 310 g/mol. The van der Waals surface area contributed by atoms with Crippen LogP contribution in [0.15, 0.2) is 48.7 Å². The minimum atomic E-state index is -0.0531. The Morgan fingerprint density at radius 1 is 1.20 bits per heavy atom. The summed E-state index contributed by atoms with van der Waals surface area (Å²) in [7, 11) is 2.07. The van der Waals surface area contributed by atoms with Crippen LogP contribution in [0.5, 0.6) is 0 Å². The van der Waals surface area contributed by atoms with Crippen LogP contribution in [-0.2, 0) is 10.2 Å². The maximum atomic E-state index is 11.8. The molecule has 4 nitrogen and oxygen atoms in total. The Hall–Kier alpha value is -2.75. The van der Waals surface area contributed by atoms with Crippen LogP contribution in [0.25, 0.3) is 11.1 Å². The Kier molecular flexibility index (Phi) is 3.39. The van der Waals surface area contributed by atoms with E-state index in [9.17, 15) is 4.79 Å². The Balaban J connectivity index is 1.85. The normalized spacial score (nSPS) is 18.1. The van der Waals surface area contributed by atoms with Crippen molar-refractivity contribution in [2.45, 2.75) is 25.7 Å². The predicted molar refractivity (Wildman–Crippen MR) is 104 cm³/mol. The Morgan fingerprint density at radius 2 is 2.00 bits per heavy atom. The summed E-state index contributed by atoms with van der Waals surface area (Å²) in [6.07, 6.45) is 0.481. The van der Waals surface area contributed by atoms with Crippen LogP contribution in [-0.4, -0.2) is 19.5 Å². The molecule has 1 amide bonds. The standard InChI is InChI=1S/C21H23N3O/c1-13-21(2,3)16-9-8-14(12-18(16)24(13)4)15-6-5-7-17-20(15)22-11-10-19(25)23-17/h5-9,12,22H,1,10-11H2,2-4H3,(H,23,25). The molecular formula is C21H23N3O. The largest absolute Gasteiger partial charge is 0.382 e. The molecule has 2 aromatic carbocycles. The lowest BCUT2D eigenvalue weighted by Gasteiger charge is -2.22. The first-order chi connectivity index (χ1) is 11.9. The number of nitrogens with zero attached hydrogens (tertiary/aromatic N) is 1. The van der Waals surface area contributed by atoms with Crippen molar-refractivity contribution in [1.29, 1.82) is 0 Å². The number of benzene rings is 2. The van der Waals surface area contributed by atoms with Crippen molar-refractivity contribution in [3.63, 3.8) is 0 Å². The average molecular weight is 333 g/mol. The summed E-state index contributed by atoms with van der Waals surface area (Å²) in [6.45, 7) is 9.33. The fourth-order valence-electron chi connectivity index (χ4n) is 3.83. The van der Waals surface area contributed by atoms with Crippen molar-refractivity contribution in [2.24, 2.45) is 0 Å². The van der Waals surface area contributed by atoms with Crippen LogP contribution in [0.4, 0.5) is 17.1 Å². The highest BCUT2D eigenvalue weighted by atomic mass is 16.1. The van der Waals surface area contributed by atoms with Crippen LogP contribution in [0.1, 0.15) is 25.8 Å². The Morgan fingerprint density at radius 3 is 2.80 bits per heavy atom. The summed E-state index contributed by atoms with van der Waals surface area (Å²) in [5.41, 5.74) is 7.63. The quantitative estimate of drug-likeness (QED) is 0.815. The van der Waals surface area contributed by atoms with Gasteiger partial charge in [0.15, 0.2) is 0 Å². The molecule has 2 aliphatic heterocycles. The molecule has 0 radical (unpaired) electrons. The van der Waals surface area contributed by atoms with E-state index in [2.05, 4.69) is 67.3 Å². The van der Waals surface area contributed by atoms with E-state index in [0.717, 1.165) is 28.2 Å². The van der Waals surface area contributed by atoms with Gasteiger partial charge in [-0.1, -0.05) is 44.7 Å². The van der Waals surface area contributed by atoms with Crippen molar-refractivity contribution in [2.75, 3.05) is 29.1 Å². The van der Waals surface area contributed by atoms with Gasteiger partial charge in [0.25, 0.3) is 0 Å². The third-order valence-electron chi connectivity index (χ3n) is 5.46. The highest BCUT2D eigenvalue weighted by Gasteiger charge is 2.37. The number of hydrogen-bond donors (Lipinski definition) is 2. The molecule has 0 saturated heterocycles. The highest BCUT2D eigenvalue weighted by molar-refractivity contribution is 6.00. The zero-order valence-corrected chi connectivity index (χ0v) is 14.9. The third kappa shape index (κ3) is 2.32. The van der Waals surface area contributed by atoms with Crippen LogP contribution in [0, 0.1) is 0 Å². The molecule has 2 N–H and O–H groups in total. The lowest BCUT2D eigenvalue weighted by atomic mass is 9.84. The molecule has 0 bridgehead atoms. The number of rotatable bonds is 1. The van der Waals surface area contributed by atoms with Gasteiger partial charge in [0.05, 0.1) is 11.4 Å². The van der Waals surface area contributed by atoms with Crippen molar-refractivity contribution in [3.05, 3.63) is 54.2 Å². The summed E-state index contributed by atoms with van der Waals surface area (Å²) < 4.78 is 0. The van der Waals surface area contributed by atoms with Crippen molar-refractivity contribution >= 4 is 23.0 Å². The van der Waals surface area contributed by atoms with Crippen LogP contribution in [0.2, 0.25) is 0 Å². The SMILES string of the molecule is C=C1N(C)c2cc(-c3cccc4c3NCCC(=O)N4)ccc2C1(C)C. The molecule has 2 aliphatic rings. The lowest BCUT2D eigenvalue weighted by Crippen LogP contribution is -2.21. The summed E-state index contributed by atoms with van der Waals surface area (Å²) in [4.78, 5) is 14.0. The molecule has 0 fully saturated rings. The number of hydrogen-bond acceptors (Lipinski definition) is 3. The number of amides is 1. The number of anilines is 3. The molecule has 25 heavy (non-hydrogen) atoms. The van der Waals surface area contributed by atoms with Gasteiger partial charge in [0, 0.05) is 42.4 Å². The zero-order valence-electron chi connectivity index (χ0n) is 14.9. The number of carbonyl (C=O) groups is 1. The Labute approximate surface area is 148 Å². The molecule has 0 aliphatic carbocycles. The van der Waals surface area contributed by atoms with Crippen molar-refractivity contribution in [3.8, 4) is 11.1 Å². The van der Waals surface area contributed by atoms with Crippen molar-refractivity contribution < 1.29 is 4.79 Å². The second kappa shape index (κ2) is 5.38. The lowest BCUT2D eigenvalue weighted by molar-refractivity contribution is -0.115. The van der Waals surface area contributed by atoms with Crippen molar-refractivity contribution in [1.82, 2.24) is 0 Å². The van der Waals surface area contributed by atoms with E-state index in [1.807, 2.05) is 12.1 Å². The predicted octanol–water partition coefficient (Wildman–Crippen LogP) is 4.35. The van der Waals surface area contributed by atoms with Crippen LogP contribution < -0.4 is 15.5 Å². The maximum absolute atomic E-state index is 11.8. The number of nitrogens with one attached hydrogen (secondary N) is 2. The Bertz CT molecular complexity index is 898. The number of carbonyl (C=O) groups excluding carboxylic acids is 1. The van der Waals surface area contributed by atoms with E-state index in [4.69, 9.17) is 0 Å². The summed E-state index contributed by atoms with van der Waals surface area (Å²) in [6, 6.07) is 12.6. The summed E-state index contributed by atoms with van der Waals surface area (Å²) >= 11 is 0. The molecule has 0 spiro atoms. The summed E-state index contributed by atoms with van der Waals surface area (Å²) in [5, 5.41) is 6.40. The fraction of sp³-hybridized carbons (Fsp3) is 0.286. The van der Waals surface area contributed by atoms with Gasteiger partial charge in [-0.2, -0.15) is 0 Å². The molecule has 0 unspecified atom stereocenters. The molecule has 128 valence electrons. The smallest absolute Gasteiger partial charge is 0.226 e. The van der Waals surface area contributed by atoms with Gasteiger partial charge in [0.1, 0.15) is 0 Å². The summed E-state index contributed by atoms with van der Waals surface area (Å²) in [5.74, 6) is 0.0511. The second-order valence-electron chi connectivity index (χ2n) is 7.32. The zero-order chi connectivity index (χ0) is 17.8. The molecule has 4 rings (SSSR count). The molecule has 4 heteroatoms. The maximum Gasteiger partial charge on any atom is 0.226 e. The molecule has 0 aromatic heterocycles. The number of para-hydroxylation sites is 1. The molecule has 2 heterocycles. The van der Waals surface area contributed by atoms with Gasteiger partial charge in [0.2, 0.25) is 5.91 Å². The van der Waals surface area contributed by atoms with E-state index in [-0.39, 0.29) is 11.3 Å². The minimum absolute atomic E-state index is 0.0511. The second-order valence-corrected chi connectivity index (χ2v) is 7.32. The number of allylic oxidation sites excluding steroid dienone is 1. The minimum Gasteiger partial charge on any atom is -0.382 e. The van der Waals surface area contributed by atoms with Gasteiger partial charge in [-0.15, -0.1) is 0 Å². The first-order valence-corrected chi connectivity index (χ1v) is 8.64. The van der Waals surface area contributed by atoms with Crippen LogP contribution >= 0.6 is 0 Å². The molecule has 0 saturated carbocycles. The van der Waals surface area contributed by atoms with Gasteiger partial charge in [-0.3, -0.25) is 4.79 Å². The molecule has 2 aromatic rings. The van der Waals surface area contributed by atoms with E-state index in [1.165, 1.54) is 11.3 Å². The fourth-order valence-corrected chi connectivity index (χ4v) is 3.83. The third-order valence-corrected chi connectivity index (χ3v) is 5.46. The van der Waals surface area contributed by atoms with Gasteiger partial charge in [-0.25, -0.2) is 0 Å². The first-order valence-electron chi connectivity index (χ1n) is 8.64. The topological polar surface area (TPSA) is 44.4 Å². The van der Waals surface area contributed by atoms with Gasteiger partial charge >= 0.3 is 0 Å².